The molecule has 2 aromatic heterocycles. The first kappa shape index (κ1) is 13.8. The van der Waals surface area contributed by atoms with Gasteiger partial charge in [0.2, 0.25) is 5.91 Å². The third-order valence-electron chi connectivity index (χ3n) is 3.32. The summed E-state index contributed by atoms with van der Waals surface area (Å²) in [5.41, 5.74) is 7.82. The van der Waals surface area contributed by atoms with Crippen LogP contribution in [0.3, 0.4) is 0 Å². The molecule has 4 N–H and O–H groups in total. The van der Waals surface area contributed by atoms with Crippen LogP contribution in [0.2, 0.25) is 0 Å². The molecule has 0 aliphatic carbocycles. The maximum absolute atomic E-state index is 12.0. The summed E-state index contributed by atoms with van der Waals surface area (Å²) < 4.78 is 1.25. The van der Waals surface area contributed by atoms with Crippen molar-refractivity contribution in [2.75, 3.05) is 0 Å². The first-order chi connectivity index (χ1) is 10.2. The zero-order chi connectivity index (χ0) is 14.7. The van der Waals surface area contributed by atoms with Crippen molar-refractivity contribution in [2.45, 2.75) is 19.0 Å². The Morgan fingerprint density at radius 2 is 2.33 bits per heavy atom. The normalized spacial score (nSPS) is 12.4. The molecule has 0 saturated carbocycles. The molecule has 0 unspecified atom stereocenters. The van der Waals surface area contributed by atoms with Gasteiger partial charge in [-0.3, -0.25) is 4.79 Å². The van der Waals surface area contributed by atoms with E-state index in [9.17, 15) is 4.79 Å². The van der Waals surface area contributed by atoms with Crippen LogP contribution in [-0.2, 0) is 17.8 Å². The molecule has 108 valence electrons. The van der Waals surface area contributed by atoms with Gasteiger partial charge in [0, 0.05) is 29.6 Å². The summed E-state index contributed by atoms with van der Waals surface area (Å²) in [5.74, 6) is -0.157. The number of carbonyl (C=O) groups is 1. The van der Waals surface area contributed by atoms with Crippen molar-refractivity contribution in [3.8, 4) is 0 Å². The average molecular weight is 300 g/mol. The number of amides is 1. The molecule has 5 nitrogen and oxygen atoms in total. The van der Waals surface area contributed by atoms with Crippen molar-refractivity contribution in [1.29, 1.82) is 0 Å². The SMILES string of the molecule is N[C@@H](Cc1cnc[nH]1)C(=O)NCc1ccc2sccc2c1. The number of thiophene rings is 1. The van der Waals surface area contributed by atoms with E-state index in [0.29, 0.717) is 13.0 Å². The number of benzene rings is 1. The number of nitrogens with zero attached hydrogens (tertiary/aromatic N) is 1. The second-order valence-electron chi connectivity index (χ2n) is 4.90. The van der Waals surface area contributed by atoms with E-state index in [1.165, 1.54) is 10.1 Å². The molecule has 2 heterocycles. The molecule has 0 aliphatic heterocycles. The van der Waals surface area contributed by atoms with Crippen LogP contribution >= 0.6 is 11.3 Å². The molecule has 3 aromatic rings. The molecule has 0 fully saturated rings. The molecule has 0 saturated heterocycles. The number of nitrogens with one attached hydrogen (secondary N) is 2. The van der Waals surface area contributed by atoms with Gasteiger partial charge in [-0.15, -0.1) is 11.3 Å². The number of carbonyl (C=O) groups excluding carboxylic acids is 1. The van der Waals surface area contributed by atoms with E-state index < -0.39 is 6.04 Å². The van der Waals surface area contributed by atoms with Gasteiger partial charge in [-0.25, -0.2) is 4.98 Å². The van der Waals surface area contributed by atoms with Gasteiger partial charge in [0.15, 0.2) is 0 Å². The van der Waals surface area contributed by atoms with Crippen LogP contribution < -0.4 is 11.1 Å². The van der Waals surface area contributed by atoms with E-state index in [0.717, 1.165) is 11.3 Å². The van der Waals surface area contributed by atoms with Gasteiger partial charge in [-0.1, -0.05) is 6.07 Å². The third-order valence-corrected chi connectivity index (χ3v) is 4.21. The van der Waals surface area contributed by atoms with Gasteiger partial charge in [0.05, 0.1) is 12.4 Å². The Morgan fingerprint density at radius 1 is 1.43 bits per heavy atom. The number of hydrogen-bond acceptors (Lipinski definition) is 4. The lowest BCUT2D eigenvalue weighted by molar-refractivity contribution is -0.122. The molecule has 0 bridgehead atoms. The smallest absolute Gasteiger partial charge is 0.237 e. The lowest BCUT2D eigenvalue weighted by atomic mass is 10.1. The molecule has 1 aromatic carbocycles. The Labute approximate surface area is 126 Å². The predicted octanol–water partition coefficient (Wildman–Crippen LogP) is 1.81. The summed E-state index contributed by atoms with van der Waals surface area (Å²) in [6, 6.07) is 7.70. The van der Waals surface area contributed by atoms with Crippen LogP contribution in [0.15, 0.2) is 42.2 Å². The van der Waals surface area contributed by atoms with E-state index in [1.807, 2.05) is 6.07 Å². The molecule has 0 aliphatic rings. The quantitative estimate of drug-likeness (QED) is 0.672. The number of H-pyrrole nitrogens is 1. The number of rotatable bonds is 5. The van der Waals surface area contributed by atoms with Crippen LogP contribution in [0, 0.1) is 0 Å². The number of aromatic nitrogens is 2. The van der Waals surface area contributed by atoms with Gasteiger partial charge in [0.1, 0.15) is 0 Å². The lowest BCUT2D eigenvalue weighted by Gasteiger charge is -2.11. The molecule has 3 rings (SSSR count). The maximum atomic E-state index is 12.0. The van der Waals surface area contributed by atoms with Crippen molar-refractivity contribution in [1.82, 2.24) is 15.3 Å². The highest BCUT2D eigenvalue weighted by atomic mass is 32.1. The fraction of sp³-hybridized carbons (Fsp3) is 0.200. The Kier molecular flexibility index (Phi) is 3.98. The summed E-state index contributed by atoms with van der Waals surface area (Å²) >= 11 is 1.71. The van der Waals surface area contributed by atoms with E-state index >= 15 is 0 Å². The molecular formula is C15H16N4OS. The van der Waals surface area contributed by atoms with E-state index in [4.69, 9.17) is 5.73 Å². The summed E-state index contributed by atoms with van der Waals surface area (Å²) in [6.45, 7) is 0.487. The molecule has 1 amide bonds. The predicted molar refractivity (Wildman–Crippen MR) is 83.9 cm³/mol. The second kappa shape index (κ2) is 6.07. The molecular weight excluding hydrogens is 284 g/mol. The zero-order valence-corrected chi connectivity index (χ0v) is 12.2. The highest BCUT2D eigenvalue weighted by molar-refractivity contribution is 7.17. The highest BCUT2D eigenvalue weighted by Crippen LogP contribution is 2.21. The van der Waals surface area contributed by atoms with Crippen molar-refractivity contribution in [3.05, 3.63) is 53.4 Å². The van der Waals surface area contributed by atoms with Gasteiger partial charge >= 0.3 is 0 Å². The van der Waals surface area contributed by atoms with Crippen LogP contribution in [0.25, 0.3) is 10.1 Å². The number of imidazole rings is 1. The number of nitrogens with two attached hydrogens (primary N) is 1. The average Bonchev–Trinajstić information content (AvgIpc) is 3.14. The van der Waals surface area contributed by atoms with Crippen LogP contribution in [0.5, 0.6) is 0 Å². The molecule has 21 heavy (non-hydrogen) atoms. The minimum absolute atomic E-state index is 0.157. The zero-order valence-electron chi connectivity index (χ0n) is 11.4. The maximum Gasteiger partial charge on any atom is 0.237 e. The lowest BCUT2D eigenvalue weighted by Crippen LogP contribution is -2.41. The number of hydrogen-bond donors (Lipinski definition) is 3. The van der Waals surface area contributed by atoms with Gasteiger partial charge < -0.3 is 16.0 Å². The molecule has 6 heteroatoms. The first-order valence-corrected chi connectivity index (χ1v) is 7.57. The summed E-state index contributed by atoms with van der Waals surface area (Å²) in [7, 11) is 0. The summed E-state index contributed by atoms with van der Waals surface area (Å²) in [6.07, 6.45) is 3.71. The minimum Gasteiger partial charge on any atom is -0.351 e. The fourth-order valence-electron chi connectivity index (χ4n) is 2.17. The topological polar surface area (TPSA) is 83.8 Å². The van der Waals surface area contributed by atoms with Crippen molar-refractivity contribution in [3.63, 3.8) is 0 Å². The Morgan fingerprint density at radius 3 is 3.14 bits per heavy atom. The van der Waals surface area contributed by atoms with E-state index in [2.05, 4.69) is 38.9 Å². The highest BCUT2D eigenvalue weighted by Gasteiger charge is 2.14. The van der Waals surface area contributed by atoms with Crippen LogP contribution in [0.4, 0.5) is 0 Å². The largest absolute Gasteiger partial charge is 0.351 e. The van der Waals surface area contributed by atoms with Gasteiger partial charge in [-0.2, -0.15) is 0 Å². The number of aromatic amines is 1. The van der Waals surface area contributed by atoms with Crippen molar-refractivity contribution < 1.29 is 4.79 Å². The standard InChI is InChI=1S/C15H16N4OS/c16-13(6-12-8-17-9-19-12)15(20)18-7-10-1-2-14-11(5-10)3-4-21-14/h1-5,8-9,13H,6-7,16H2,(H,17,19)(H,18,20)/t13-/m0/s1. The molecule has 0 radical (unpaired) electrons. The minimum atomic E-state index is -0.574. The second-order valence-corrected chi connectivity index (χ2v) is 5.85. The first-order valence-electron chi connectivity index (χ1n) is 6.69. The summed E-state index contributed by atoms with van der Waals surface area (Å²) in [4.78, 5) is 18.8. The van der Waals surface area contributed by atoms with Crippen molar-refractivity contribution in [2.24, 2.45) is 5.73 Å². The van der Waals surface area contributed by atoms with Crippen LogP contribution in [-0.4, -0.2) is 21.9 Å². The van der Waals surface area contributed by atoms with Gasteiger partial charge in [-0.05, 0) is 34.5 Å². The molecule has 1 atom stereocenters. The van der Waals surface area contributed by atoms with E-state index in [-0.39, 0.29) is 5.91 Å². The van der Waals surface area contributed by atoms with Gasteiger partial charge in [0.25, 0.3) is 0 Å². The van der Waals surface area contributed by atoms with Crippen LogP contribution in [0.1, 0.15) is 11.3 Å². The Balaban J connectivity index is 1.57. The molecule has 0 spiro atoms. The fourth-order valence-corrected chi connectivity index (χ4v) is 2.94. The summed E-state index contributed by atoms with van der Waals surface area (Å²) in [5, 5.41) is 6.14. The van der Waals surface area contributed by atoms with E-state index in [1.54, 1.807) is 23.9 Å². The third kappa shape index (κ3) is 3.29. The Hall–Kier alpha value is -2.18. The monoisotopic (exact) mass is 300 g/mol. The van der Waals surface area contributed by atoms with Crippen molar-refractivity contribution >= 4 is 27.3 Å². The number of fused-ring (bicyclic) bond motifs is 1. The Bertz CT molecular complexity index is 735.